The van der Waals surface area contributed by atoms with Crippen LogP contribution in [0.2, 0.25) is 0 Å². The highest BCUT2D eigenvalue weighted by atomic mass is 16.2. The van der Waals surface area contributed by atoms with E-state index in [9.17, 15) is 28.8 Å². The van der Waals surface area contributed by atoms with Gasteiger partial charge in [0.05, 0.1) is 29.7 Å². The van der Waals surface area contributed by atoms with E-state index >= 15 is 0 Å². The lowest BCUT2D eigenvalue weighted by Gasteiger charge is -2.30. The van der Waals surface area contributed by atoms with Crippen LogP contribution in [0.1, 0.15) is 127 Å². The van der Waals surface area contributed by atoms with E-state index in [4.69, 9.17) is 17.2 Å². The lowest BCUT2D eigenvalue weighted by atomic mass is 9.84. The number of hydrogen-bond acceptors (Lipinski definition) is 10. The minimum atomic E-state index is -1.04. The number of unbranched alkanes of at least 4 members (excludes halogenated alkanes) is 1. The number of nitrogens with zero attached hydrogens (tertiary/aromatic N) is 3. The molecule has 8 N–H and O–H groups in total. The molecule has 3 aromatic rings. The Bertz CT molecular complexity index is 2010. The van der Waals surface area contributed by atoms with Crippen LogP contribution in [-0.2, 0) is 36.8 Å². The third-order valence-electron chi connectivity index (χ3n) is 13.9. The van der Waals surface area contributed by atoms with Gasteiger partial charge in [0.25, 0.3) is 11.8 Å². The van der Waals surface area contributed by atoms with Crippen LogP contribution >= 0.6 is 0 Å². The molecule has 0 spiro atoms. The first kappa shape index (κ1) is 48.7. The maximum absolute atomic E-state index is 14.7. The molecule has 2 aromatic carbocycles. The number of Topliss-reactive ketones (excluding diaryl/α,β-unsaturated/α-hetero) is 1. The highest BCUT2D eigenvalue weighted by molar-refractivity contribution is 6.15. The van der Waals surface area contributed by atoms with Crippen molar-refractivity contribution in [2.75, 3.05) is 20.1 Å². The number of rotatable bonds is 20. The number of benzene rings is 2. The van der Waals surface area contributed by atoms with Gasteiger partial charge in [0.15, 0.2) is 5.78 Å². The molecular weight excluding hydrogens is 809 g/mol. The Hall–Kier alpha value is -4.76. The van der Waals surface area contributed by atoms with Crippen molar-refractivity contribution in [3.8, 4) is 0 Å². The Labute approximate surface area is 378 Å². The van der Waals surface area contributed by atoms with E-state index in [-0.39, 0.29) is 42.3 Å². The number of amides is 5. The Morgan fingerprint density at radius 2 is 1.36 bits per heavy atom. The Kier molecular flexibility index (Phi) is 18.2. The van der Waals surface area contributed by atoms with Gasteiger partial charge in [-0.05, 0) is 100 Å². The Balaban J connectivity index is 1.18. The average Bonchev–Trinajstić information content (AvgIpc) is 3.96. The molecule has 5 atom stereocenters. The van der Waals surface area contributed by atoms with E-state index in [1.54, 1.807) is 30.3 Å². The van der Waals surface area contributed by atoms with Crippen molar-refractivity contribution in [1.29, 1.82) is 0 Å². The normalized spacial score (nSPS) is 19.2. The van der Waals surface area contributed by atoms with E-state index in [1.807, 2.05) is 42.5 Å². The summed E-state index contributed by atoms with van der Waals surface area (Å²) < 4.78 is 1.32. The minimum absolute atomic E-state index is 0.0832. The molecule has 1 aromatic heterocycles. The second kappa shape index (κ2) is 24.0. The van der Waals surface area contributed by atoms with Gasteiger partial charge in [0.1, 0.15) is 6.04 Å². The molecule has 0 unspecified atom stereocenters. The van der Waals surface area contributed by atoms with Crippen LogP contribution in [0.15, 0.2) is 60.8 Å². The van der Waals surface area contributed by atoms with Gasteiger partial charge in [-0.15, -0.1) is 0 Å². The smallest absolute Gasteiger partial charge is 0.342 e. The van der Waals surface area contributed by atoms with Crippen LogP contribution in [0.5, 0.6) is 0 Å². The summed E-state index contributed by atoms with van der Waals surface area (Å²) in [5.74, 6) is -1.68. The molecule has 3 fully saturated rings. The molecule has 6 rings (SSSR count). The molecule has 2 aliphatic carbocycles. The molecule has 3 aliphatic rings. The van der Waals surface area contributed by atoms with Crippen molar-refractivity contribution in [2.45, 2.75) is 159 Å². The summed E-state index contributed by atoms with van der Waals surface area (Å²) >= 11 is 0. The van der Waals surface area contributed by atoms with Crippen molar-refractivity contribution in [3.63, 3.8) is 0 Å². The number of ketones is 1. The van der Waals surface area contributed by atoms with Gasteiger partial charge in [-0.3, -0.25) is 28.5 Å². The third kappa shape index (κ3) is 12.5. The molecule has 0 radical (unpaired) electrons. The number of aromatic nitrogens is 1. The summed E-state index contributed by atoms with van der Waals surface area (Å²) in [4.78, 5) is 87.5. The number of fused-ring (bicyclic) bond motifs is 1. The molecule has 0 bridgehead atoms. The summed E-state index contributed by atoms with van der Waals surface area (Å²) in [6.45, 7) is 0.858. The van der Waals surface area contributed by atoms with E-state index in [1.165, 1.54) is 4.57 Å². The maximum atomic E-state index is 14.7. The summed E-state index contributed by atoms with van der Waals surface area (Å²) in [5.41, 5.74) is 21.1. The summed E-state index contributed by atoms with van der Waals surface area (Å²) in [6.07, 6.45) is 16.4. The number of likely N-dealkylation sites (N-methyl/N-ethyl adjacent to an activating group) is 1. The van der Waals surface area contributed by atoms with Gasteiger partial charge >= 0.3 is 6.03 Å². The highest BCUT2D eigenvalue weighted by Crippen LogP contribution is 2.31. The molecule has 14 nitrogen and oxygen atoms in total. The fraction of sp³-hybridized carbons (Fsp3) is 0.600. The number of imide groups is 3. The molecule has 1 saturated heterocycles. The molecule has 64 heavy (non-hydrogen) atoms. The van der Waals surface area contributed by atoms with Gasteiger partial charge in [-0.2, -0.15) is 4.90 Å². The minimum Gasteiger partial charge on any atom is -0.343 e. The monoisotopic (exact) mass is 881 g/mol. The summed E-state index contributed by atoms with van der Waals surface area (Å²) in [6, 6.07) is 12.0. The van der Waals surface area contributed by atoms with Gasteiger partial charge in [0, 0.05) is 24.5 Å². The second-order valence-corrected chi connectivity index (χ2v) is 18.6. The number of para-hydroxylation sites is 1. The standard InChI is InChI=1S/C50H72N8O6/c1-54-42(32-36-20-9-4-10-21-36)46(60)55-41(23-13-14-28-51)49(63)56-29-15-25-44(56)45(59)27-26-37-33-57(43-24-12-11-22-38(37)43)50(64)58(47(61)39(52)30-34-16-5-2-6-17-34)48(62)40(53)31-35-18-7-3-8-19-35/h4,9-12,20-22,24,33-35,39-42,44,54H,2-3,5-8,13-19,23,25-32,51-53H2,1H3,(H,55,60)/t39-,40+,41-,42-,44-/m0/s1. The second-order valence-electron chi connectivity index (χ2n) is 18.6. The number of aryl methyl sites for hydroxylation is 1. The first-order valence-electron chi connectivity index (χ1n) is 24.1. The topological polar surface area (TPSA) is 216 Å². The van der Waals surface area contributed by atoms with E-state index in [0.717, 1.165) is 69.8 Å². The quantitative estimate of drug-likeness (QED) is 0.0899. The van der Waals surface area contributed by atoms with E-state index in [2.05, 4.69) is 10.6 Å². The van der Waals surface area contributed by atoms with Crippen molar-refractivity contribution in [1.82, 2.24) is 25.0 Å². The molecule has 2 saturated carbocycles. The van der Waals surface area contributed by atoms with Crippen molar-refractivity contribution < 1.29 is 28.8 Å². The lowest BCUT2D eigenvalue weighted by Crippen LogP contribution is -2.56. The van der Waals surface area contributed by atoms with Gasteiger partial charge in [-0.1, -0.05) is 113 Å². The SMILES string of the molecule is CN[C@@H](Cc1ccccc1)C(=O)N[C@@H](CCCCN)C(=O)N1CCC[C@H]1C(=O)CCc1cn(C(=O)N(C(=O)[C@H](N)CC2CCCCC2)C(=O)[C@@H](N)CC2CCCCC2)c2ccccc12. The number of nitrogens with one attached hydrogen (secondary N) is 2. The van der Waals surface area contributed by atoms with Crippen LogP contribution in [-0.4, -0.2) is 100 Å². The van der Waals surface area contributed by atoms with Gasteiger partial charge in [-0.25, -0.2) is 4.79 Å². The van der Waals surface area contributed by atoms with E-state index in [0.29, 0.717) is 85.8 Å². The predicted molar refractivity (Wildman–Crippen MR) is 249 cm³/mol. The van der Waals surface area contributed by atoms with Crippen LogP contribution in [0.3, 0.4) is 0 Å². The Morgan fingerprint density at radius 3 is 1.97 bits per heavy atom. The number of carbonyl (C=O) groups excluding carboxylic acids is 6. The van der Waals surface area contributed by atoms with Crippen molar-refractivity contribution >= 4 is 46.3 Å². The molecule has 2 heterocycles. The number of hydrogen-bond donors (Lipinski definition) is 5. The third-order valence-corrected chi connectivity index (χ3v) is 13.9. The lowest BCUT2D eigenvalue weighted by molar-refractivity contribution is -0.143. The number of likely N-dealkylation sites (tertiary alicyclic amines) is 1. The largest absolute Gasteiger partial charge is 0.343 e. The summed E-state index contributed by atoms with van der Waals surface area (Å²) in [7, 11) is 1.72. The fourth-order valence-corrected chi connectivity index (χ4v) is 10.3. The van der Waals surface area contributed by atoms with E-state index < -0.39 is 48.1 Å². The zero-order valence-corrected chi connectivity index (χ0v) is 37.9. The Morgan fingerprint density at radius 1 is 0.750 bits per heavy atom. The van der Waals surface area contributed by atoms with Crippen LogP contribution in [0, 0.1) is 11.8 Å². The van der Waals surface area contributed by atoms with Crippen molar-refractivity contribution in [3.05, 3.63) is 71.9 Å². The summed E-state index contributed by atoms with van der Waals surface area (Å²) in [5, 5.41) is 6.80. The van der Waals surface area contributed by atoms with Crippen molar-refractivity contribution in [2.24, 2.45) is 29.0 Å². The fourth-order valence-electron chi connectivity index (χ4n) is 10.3. The molecule has 1 aliphatic heterocycles. The first-order valence-corrected chi connectivity index (χ1v) is 24.1. The van der Waals surface area contributed by atoms with Gasteiger partial charge < -0.3 is 32.7 Å². The molecule has 5 amide bonds. The van der Waals surface area contributed by atoms with Crippen LogP contribution in [0.25, 0.3) is 10.9 Å². The first-order chi connectivity index (χ1) is 31.0. The number of carbonyl (C=O) groups is 6. The zero-order chi connectivity index (χ0) is 45.6. The molecule has 348 valence electrons. The number of nitrogens with two attached hydrogens (primary N) is 3. The highest BCUT2D eigenvalue weighted by Gasteiger charge is 2.40. The zero-order valence-electron chi connectivity index (χ0n) is 37.9. The molecule has 14 heteroatoms. The van der Waals surface area contributed by atoms with Crippen LogP contribution in [0.4, 0.5) is 4.79 Å². The average molecular weight is 881 g/mol. The van der Waals surface area contributed by atoms with Crippen LogP contribution < -0.4 is 27.8 Å². The molecular formula is C50H72N8O6. The maximum Gasteiger partial charge on any atom is 0.342 e. The van der Waals surface area contributed by atoms with Gasteiger partial charge in [0.2, 0.25) is 11.8 Å². The predicted octanol–water partition coefficient (Wildman–Crippen LogP) is 5.50.